The van der Waals surface area contributed by atoms with E-state index in [9.17, 15) is 19.5 Å². The first-order valence-electron chi connectivity index (χ1n) is 12.4. The number of carbonyl (C=O) groups is 3. The van der Waals surface area contributed by atoms with E-state index in [-0.39, 0.29) is 25.4 Å². The number of rotatable bonds is 9. The zero-order valence-corrected chi connectivity index (χ0v) is 21.6. The Morgan fingerprint density at radius 2 is 1.59 bits per heavy atom. The van der Waals surface area contributed by atoms with Gasteiger partial charge in [-0.3, -0.25) is 19.6 Å². The zero-order valence-electron chi connectivity index (χ0n) is 21.6. The van der Waals surface area contributed by atoms with Gasteiger partial charge in [-0.25, -0.2) is 10.5 Å². The molecule has 7 N–H and O–H groups in total. The van der Waals surface area contributed by atoms with Gasteiger partial charge in [0.05, 0.1) is 30.2 Å². The number of carbonyl (C=O) groups excluding carboxylic acids is 3. The number of anilines is 1. The van der Waals surface area contributed by atoms with Gasteiger partial charge in [0.2, 0.25) is 5.91 Å². The van der Waals surface area contributed by atoms with Crippen molar-refractivity contribution in [3.8, 4) is 11.8 Å². The fraction of sp³-hybridized carbons (Fsp3) is 0.200. The number of aliphatic hydroxyl groups excluding tert-OH is 1. The molecule has 0 aliphatic carbocycles. The molecule has 3 amide bonds. The number of aliphatic hydroxyl groups is 1. The van der Waals surface area contributed by atoms with Gasteiger partial charge in [0, 0.05) is 22.4 Å². The summed E-state index contributed by atoms with van der Waals surface area (Å²) < 4.78 is 0. The Labute approximate surface area is 237 Å². The summed E-state index contributed by atoms with van der Waals surface area (Å²) >= 11 is 0. The number of hydroxylamine groups is 1. The monoisotopic (exact) mass is 556 g/mol. The lowest BCUT2D eigenvalue weighted by Gasteiger charge is -2.19. The number of aromatic amines is 1. The number of benzene rings is 3. The van der Waals surface area contributed by atoms with Crippen LogP contribution >= 0.6 is 0 Å². The number of fused-ring (bicyclic) bond motifs is 1. The fourth-order valence-corrected chi connectivity index (χ4v) is 3.77. The minimum absolute atomic E-state index is 0. The third-order valence-electron chi connectivity index (χ3n) is 5.85. The van der Waals surface area contributed by atoms with Crippen molar-refractivity contribution in [3.05, 3.63) is 95.3 Å². The molecule has 0 aliphatic heterocycles. The highest BCUT2D eigenvalue weighted by atomic mass is 16.5. The van der Waals surface area contributed by atoms with Crippen molar-refractivity contribution in [2.24, 2.45) is 0 Å². The van der Waals surface area contributed by atoms with Gasteiger partial charge in [-0.2, -0.15) is 0 Å². The summed E-state index contributed by atoms with van der Waals surface area (Å²) in [5.41, 5.74) is 5.53. The van der Waals surface area contributed by atoms with Gasteiger partial charge in [-0.15, -0.1) is 0 Å². The predicted molar refractivity (Wildman–Crippen MR) is 155 cm³/mol. The molecule has 1 heterocycles. The van der Waals surface area contributed by atoms with E-state index >= 15 is 0 Å². The topological polar surface area (TPSA) is 168 Å². The molecule has 4 aromatic rings. The van der Waals surface area contributed by atoms with Crippen molar-refractivity contribution in [2.45, 2.75) is 33.0 Å². The Morgan fingerprint density at radius 3 is 2.20 bits per heavy atom. The Hall–Kier alpha value is -5.02. The Kier molecular flexibility index (Phi) is 10.7. The standard InChI is InChI=1S/C29H28N6O5.CH4/c1-18(36)27(29(39)35-40)34-28(38)21-12-8-19(9-13-21)6-7-20-10-14-22(15-11-20)31-26(37)17-30-16-25-32-23-4-2-3-5-24(23)33-25;/h2-5,8-15,18,27,30,36,40H,16-17H2,1H3,(H,31,37)(H,32,33)(H,34,38)(H,35,39);1H4/t18-,27+;/m1./s1. The van der Waals surface area contributed by atoms with E-state index in [1.807, 2.05) is 24.3 Å². The first-order chi connectivity index (χ1) is 19.3. The van der Waals surface area contributed by atoms with Gasteiger partial charge in [-0.1, -0.05) is 31.4 Å². The van der Waals surface area contributed by atoms with Crippen LogP contribution in [0.5, 0.6) is 0 Å². The molecule has 0 fully saturated rings. The van der Waals surface area contributed by atoms with E-state index in [4.69, 9.17) is 5.21 Å². The molecule has 0 saturated heterocycles. The van der Waals surface area contributed by atoms with E-state index < -0.39 is 24.0 Å². The van der Waals surface area contributed by atoms with Crippen LogP contribution in [0.3, 0.4) is 0 Å². The summed E-state index contributed by atoms with van der Waals surface area (Å²) in [6.45, 7) is 1.88. The minimum atomic E-state index is -1.30. The molecule has 0 bridgehead atoms. The van der Waals surface area contributed by atoms with Crippen molar-refractivity contribution in [2.75, 3.05) is 11.9 Å². The normalized spacial score (nSPS) is 11.8. The van der Waals surface area contributed by atoms with Crippen LogP contribution < -0.4 is 21.4 Å². The summed E-state index contributed by atoms with van der Waals surface area (Å²) in [6.07, 6.45) is -1.20. The highest BCUT2D eigenvalue weighted by Crippen LogP contribution is 2.11. The van der Waals surface area contributed by atoms with Crippen LogP contribution in [0.4, 0.5) is 5.69 Å². The van der Waals surface area contributed by atoms with Gasteiger partial charge in [0.1, 0.15) is 11.9 Å². The molecule has 2 atom stereocenters. The van der Waals surface area contributed by atoms with Crippen molar-refractivity contribution in [3.63, 3.8) is 0 Å². The average Bonchev–Trinajstić information content (AvgIpc) is 3.38. The number of hydrogen-bond acceptors (Lipinski definition) is 7. The highest BCUT2D eigenvalue weighted by Gasteiger charge is 2.25. The first kappa shape index (κ1) is 30.5. The number of amides is 3. The van der Waals surface area contributed by atoms with Crippen LogP contribution in [0.25, 0.3) is 11.0 Å². The van der Waals surface area contributed by atoms with Crippen LogP contribution in [0, 0.1) is 11.8 Å². The van der Waals surface area contributed by atoms with E-state index in [0.29, 0.717) is 17.8 Å². The highest BCUT2D eigenvalue weighted by molar-refractivity contribution is 5.97. The summed E-state index contributed by atoms with van der Waals surface area (Å²) in [6, 6.07) is 19.9. The number of imidazole rings is 1. The molecule has 212 valence electrons. The van der Waals surface area contributed by atoms with Gasteiger partial charge in [0.15, 0.2) is 0 Å². The number of para-hydroxylation sites is 2. The van der Waals surface area contributed by atoms with Gasteiger partial charge in [0.25, 0.3) is 11.8 Å². The van der Waals surface area contributed by atoms with E-state index in [0.717, 1.165) is 22.4 Å². The van der Waals surface area contributed by atoms with E-state index in [1.54, 1.807) is 36.4 Å². The average molecular weight is 557 g/mol. The van der Waals surface area contributed by atoms with E-state index in [1.165, 1.54) is 24.5 Å². The van der Waals surface area contributed by atoms with Crippen LogP contribution in [-0.2, 0) is 16.1 Å². The number of H-pyrrole nitrogens is 1. The van der Waals surface area contributed by atoms with Crippen molar-refractivity contribution in [1.29, 1.82) is 0 Å². The lowest BCUT2D eigenvalue weighted by atomic mass is 10.1. The summed E-state index contributed by atoms with van der Waals surface area (Å²) in [4.78, 5) is 43.9. The maximum absolute atomic E-state index is 12.4. The third-order valence-corrected chi connectivity index (χ3v) is 5.85. The molecule has 0 radical (unpaired) electrons. The molecule has 0 saturated carbocycles. The van der Waals surface area contributed by atoms with Crippen molar-refractivity contribution < 1.29 is 24.7 Å². The Morgan fingerprint density at radius 1 is 0.951 bits per heavy atom. The predicted octanol–water partition coefficient (Wildman–Crippen LogP) is 2.31. The second-order valence-corrected chi connectivity index (χ2v) is 8.92. The van der Waals surface area contributed by atoms with Crippen LogP contribution in [-0.4, -0.2) is 56.7 Å². The smallest absolute Gasteiger partial charge is 0.268 e. The van der Waals surface area contributed by atoms with Crippen molar-refractivity contribution in [1.82, 2.24) is 26.1 Å². The Bertz CT molecular complexity index is 1520. The third kappa shape index (κ3) is 8.48. The van der Waals surface area contributed by atoms with Gasteiger partial charge in [-0.05, 0) is 67.6 Å². The fourth-order valence-electron chi connectivity index (χ4n) is 3.77. The molecular formula is C30H32N6O5. The SMILES string of the molecule is C.C[C@@H](O)[C@H](NC(=O)c1ccc(C#Cc2ccc(NC(=O)CNCc3nc4ccccc4[nH]3)cc2)cc1)C(=O)NO. The van der Waals surface area contributed by atoms with Crippen LogP contribution in [0.15, 0.2) is 72.8 Å². The molecule has 1 aromatic heterocycles. The van der Waals surface area contributed by atoms with Gasteiger partial charge < -0.3 is 26.0 Å². The molecule has 0 spiro atoms. The second-order valence-electron chi connectivity index (χ2n) is 8.92. The molecule has 4 rings (SSSR count). The summed E-state index contributed by atoms with van der Waals surface area (Å²) in [7, 11) is 0. The molecule has 41 heavy (non-hydrogen) atoms. The minimum Gasteiger partial charge on any atom is -0.391 e. The maximum atomic E-state index is 12.4. The van der Waals surface area contributed by atoms with Gasteiger partial charge >= 0.3 is 0 Å². The molecule has 0 aliphatic rings. The molecule has 11 nitrogen and oxygen atoms in total. The van der Waals surface area contributed by atoms with Crippen LogP contribution in [0.1, 0.15) is 41.7 Å². The number of aromatic nitrogens is 2. The molecule has 11 heteroatoms. The Balaban J connectivity index is 0.00000462. The number of hydrogen-bond donors (Lipinski definition) is 7. The molecule has 0 unspecified atom stereocenters. The second kappa shape index (κ2) is 14.4. The summed E-state index contributed by atoms with van der Waals surface area (Å²) in [5, 5.41) is 26.7. The lowest BCUT2D eigenvalue weighted by Crippen LogP contribution is -2.51. The lowest BCUT2D eigenvalue weighted by molar-refractivity contribution is -0.133. The summed E-state index contributed by atoms with van der Waals surface area (Å²) in [5.74, 6) is 5.09. The molecule has 3 aromatic carbocycles. The maximum Gasteiger partial charge on any atom is 0.268 e. The zero-order chi connectivity index (χ0) is 28.5. The van der Waals surface area contributed by atoms with Crippen LogP contribution in [0.2, 0.25) is 0 Å². The number of nitrogens with one attached hydrogen (secondary N) is 5. The largest absolute Gasteiger partial charge is 0.391 e. The first-order valence-corrected chi connectivity index (χ1v) is 12.4. The van der Waals surface area contributed by atoms with Crippen molar-refractivity contribution >= 4 is 34.4 Å². The molecular weight excluding hydrogens is 524 g/mol. The van der Waals surface area contributed by atoms with E-state index in [2.05, 4.69) is 37.8 Å². The quantitative estimate of drug-likeness (QED) is 0.0943. The number of nitrogens with zero attached hydrogens (tertiary/aromatic N) is 1.